The number of aromatic amines is 1. The second-order valence-electron chi connectivity index (χ2n) is 4.99. The zero-order chi connectivity index (χ0) is 12.7. The van der Waals surface area contributed by atoms with Crippen LogP contribution >= 0.6 is 0 Å². The van der Waals surface area contributed by atoms with Crippen molar-refractivity contribution in [2.75, 3.05) is 13.1 Å². The van der Waals surface area contributed by atoms with E-state index in [0.29, 0.717) is 12.2 Å². The molecule has 94 valence electrons. The van der Waals surface area contributed by atoms with Gasteiger partial charge in [0.15, 0.2) is 0 Å². The molecule has 2 aromatic heterocycles. The van der Waals surface area contributed by atoms with Crippen molar-refractivity contribution < 1.29 is 4.79 Å². The number of carbonyl (C=O) groups is 1. The average Bonchev–Trinajstić information content (AvgIpc) is 2.66. The third-order valence-electron chi connectivity index (χ3n) is 3.65. The predicted molar refractivity (Wildman–Crippen MR) is 70.8 cm³/mol. The van der Waals surface area contributed by atoms with E-state index in [1.54, 1.807) is 0 Å². The van der Waals surface area contributed by atoms with Crippen molar-refractivity contribution in [1.82, 2.24) is 15.3 Å². The summed E-state index contributed by atoms with van der Waals surface area (Å²) in [5.74, 6) is 0.267. The molecule has 4 nitrogen and oxygen atoms in total. The molecule has 2 N–H and O–H groups in total. The Kier molecular flexibility index (Phi) is 2.67. The van der Waals surface area contributed by atoms with Gasteiger partial charge in [-0.1, -0.05) is 0 Å². The van der Waals surface area contributed by atoms with E-state index in [2.05, 4.69) is 15.3 Å². The number of Topliss-reactive ketones (excluding diaryl/α,β-unsaturated/α-hetero) is 1. The maximum atomic E-state index is 12.1. The molecule has 3 rings (SSSR count). The third-order valence-corrected chi connectivity index (χ3v) is 3.65. The summed E-state index contributed by atoms with van der Waals surface area (Å²) in [6.45, 7) is 5.52. The highest BCUT2D eigenvalue weighted by atomic mass is 16.1. The Morgan fingerprint density at radius 2 is 2.17 bits per heavy atom. The van der Waals surface area contributed by atoms with Crippen LogP contribution in [-0.4, -0.2) is 28.8 Å². The summed E-state index contributed by atoms with van der Waals surface area (Å²) < 4.78 is 0. The summed E-state index contributed by atoms with van der Waals surface area (Å²) in [4.78, 5) is 20.0. The lowest BCUT2D eigenvalue weighted by atomic mass is 9.90. The number of hydrogen-bond donors (Lipinski definition) is 2. The molecule has 2 aromatic rings. The Bertz CT molecular complexity index is 615. The average molecular weight is 243 g/mol. The topological polar surface area (TPSA) is 57.8 Å². The molecule has 1 aliphatic heterocycles. The number of pyridine rings is 1. The molecule has 0 saturated carbocycles. The number of rotatable bonds is 1. The van der Waals surface area contributed by atoms with Crippen LogP contribution in [0.5, 0.6) is 0 Å². The van der Waals surface area contributed by atoms with Gasteiger partial charge < -0.3 is 10.3 Å². The predicted octanol–water partition coefficient (Wildman–Crippen LogP) is 1.83. The molecule has 0 aliphatic carbocycles. The van der Waals surface area contributed by atoms with E-state index in [9.17, 15) is 4.79 Å². The van der Waals surface area contributed by atoms with Crippen LogP contribution < -0.4 is 5.32 Å². The molecule has 1 unspecified atom stereocenters. The number of nitrogens with one attached hydrogen (secondary N) is 2. The van der Waals surface area contributed by atoms with E-state index in [1.165, 1.54) is 0 Å². The van der Waals surface area contributed by atoms with Gasteiger partial charge >= 0.3 is 0 Å². The minimum Gasteiger partial charge on any atom is -0.357 e. The molecule has 1 fully saturated rings. The van der Waals surface area contributed by atoms with Crippen LogP contribution in [0.15, 0.2) is 12.1 Å². The van der Waals surface area contributed by atoms with Crippen LogP contribution in [0.2, 0.25) is 0 Å². The summed E-state index contributed by atoms with van der Waals surface area (Å²) >= 11 is 0. The summed E-state index contributed by atoms with van der Waals surface area (Å²) in [5, 5.41) is 3.30. The van der Waals surface area contributed by atoms with Crippen molar-refractivity contribution in [2.24, 2.45) is 0 Å². The Morgan fingerprint density at radius 3 is 2.94 bits per heavy atom. The Morgan fingerprint density at radius 1 is 1.33 bits per heavy atom. The van der Waals surface area contributed by atoms with E-state index < -0.39 is 0 Å². The zero-order valence-electron chi connectivity index (χ0n) is 10.7. The minimum atomic E-state index is -0.0539. The fourth-order valence-corrected chi connectivity index (χ4v) is 2.75. The number of hydrogen-bond acceptors (Lipinski definition) is 3. The summed E-state index contributed by atoms with van der Waals surface area (Å²) in [6.07, 6.45) is 0.614. The molecule has 1 aliphatic rings. The van der Waals surface area contributed by atoms with Gasteiger partial charge in [-0.2, -0.15) is 0 Å². The van der Waals surface area contributed by atoms with Crippen molar-refractivity contribution in [3.63, 3.8) is 0 Å². The van der Waals surface area contributed by atoms with Crippen LogP contribution in [0.1, 0.15) is 29.3 Å². The largest absolute Gasteiger partial charge is 0.357 e. The smallest absolute Gasteiger partial charge is 0.143 e. The maximum absolute atomic E-state index is 12.1. The van der Waals surface area contributed by atoms with Crippen molar-refractivity contribution in [1.29, 1.82) is 0 Å². The van der Waals surface area contributed by atoms with Crippen LogP contribution in [-0.2, 0) is 4.79 Å². The number of aromatic nitrogens is 2. The molecular formula is C14H17N3O. The van der Waals surface area contributed by atoms with Gasteiger partial charge in [0, 0.05) is 36.5 Å². The number of piperidine rings is 1. The molecule has 4 heteroatoms. The van der Waals surface area contributed by atoms with Crippen molar-refractivity contribution in [3.8, 4) is 0 Å². The van der Waals surface area contributed by atoms with Crippen molar-refractivity contribution in [3.05, 3.63) is 29.1 Å². The number of ketones is 1. The number of H-pyrrole nitrogens is 1. The molecule has 1 atom stereocenters. The quantitative estimate of drug-likeness (QED) is 0.803. The minimum absolute atomic E-state index is 0.0539. The van der Waals surface area contributed by atoms with E-state index in [4.69, 9.17) is 0 Å². The first-order chi connectivity index (χ1) is 8.66. The molecular weight excluding hydrogens is 226 g/mol. The molecule has 0 bridgehead atoms. The van der Waals surface area contributed by atoms with E-state index in [0.717, 1.165) is 41.1 Å². The first-order valence-electron chi connectivity index (χ1n) is 6.36. The van der Waals surface area contributed by atoms with Gasteiger partial charge in [-0.15, -0.1) is 0 Å². The SMILES string of the molecule is Cc1ccc2[nH]c(C)c(C3CNCCC3=O)c2n1. The zero-order valence-corrected chi connectivity index (χ0v) is 10.7. The van der Waals surface area contributed by atoms with Crippen LogP contribution in [0.25, 0.3) is 11.0 Å². The number of nitrogens with zero attached hydrogens (tertiary/aromatic N) is 1. The molecule has 0 aromatic carbocycles. The molecule has 0 radical (unpaired) electrons. The standard InChI is InChI=1S/C14H17N3O/c1-8-3-4-11-14(16-8)13(9(2)17-11)10-7-15-6-5-12(10)18/h3-4,10,15,17H,5-7H2,1-2H3. The summed E-state index contributed by atoms with van der Waals surface area (Å²) in [7, 11) is 0. The lowest BCUT2D eigenvalue weighted by Crippen LogP contribution is -2.35. The number of aryl methyl sites for hydroxylation is 2. The number of carbonyl (C=O) groups excluding carboxylic acids is 1. The second-order valence-corrected chi connectivity index (χ2v) is 4.99. The van der Waals surface area contributed by atoms with Crippen molar-refractivity contribution in [2.45, 2.75) is 26.2 Å². The second kappa shape index (κ2) is 4.21. The molecule has 0 amide bonds. The first-order valence-corrected chi connectivity index (χ1v) is 6.36. The van der Waals surface area contributed by atoms with Gasteiger partial charge in [-0.3, -0.25) is 9.78 Å². The van der Waals surface area contributed by atoms with Gasteiger partial charge in [-0.05, 0) is 26.0 Å². The normalized spacial score (nSPS) is 20.6. The summed E-state index contributed by atoms with van der Waals surface area (Å²) in [5.41, 5.74) is 5.09. The lowest BCUT2D eigenvalue weighted by Gasteiger charge is -2.21. The highest BCUT2D eigenvalue weighted by Crippen LogP contribution is 2.30. The van der Waals surface area contributed by atoms with Crippen LogP contribution in [0, 0.1) is 13.8 Å². The van der Waals surface area contributed by atoms with Crippen LogP contribution in [0.3, 0.4) is 0 Å². The third kappa shape index (κ3) is 1.73. The van der Waals surface area contributed by atoms with Gasteiger partial charge in [0.2, 0.25) is 0 Å². The fraction of sp³-hybridized carbons (Fsp3) is 0.429. The van der Waals surface area contributed by atoms with Crippen LogP contribution in [0.4, 0.5) is 0 Å². The Hall–Kier alpha value is -1.68. The molecule has 18 heavy (non-hydrogen) atoms. The fourth-order valence-electron chi connectivity index (χ4n) is 2.75. The maximum Gasteiger partial charge on any atom is 0.143 e. The van der Waals surface area contributed by atoms with E-state index in [1.807, 2.05) is 26.0 Å². The van der Waals surface area contributed by atoms with Gasteiger partial charge in [0.25, 0.3) is 0 Å². The highest BCUT2D eigenvalue weighted by Gasteiger charge is 2.28. The Balaban J connectivity index is 2.17. The Labute approximate surface area is 106 Å². The van der Waals surface area contributed by atoms with E-state index in [-0.39, 0.29) is 5.92 Å². The van der Waals surface area contributed by atoms with Gasteiger partial charge in [0.1, 0.15) is 5.78 Å². The molecule has 0 spiro atoms. The summed E-state index contributed by atoms with van der Waals surface area (Å²) in [6, 6.07) is 4.03. The molecule has 3 heterocycles. The lowest BCUT2D eigenvalue weighted by molar-refractivity contribution is -0.121. The highest BCUT2D eigenvalue weighted by molar-refractivity contribution is 5.93. The van der Waals surface area contributed by atoms with Crippen molar-refractivity contribution >= 4 is 16.8 Å². The first kappa shape index (κ1) is 11.4. The number of fused-ring (bicyclic) bond motifs is 1. The monoisotopic (exact) mass is 243 g/mol. The van der Waals surface area contributed by atoms with Gasteiger partial charge in [0.05, 0.1) is 17.0 Å². The van der Waals surface area contributed by atoms with E-state index >= 15 is 0 Å². The van der Waals surface area contributed by atoms with Gasteiger partial charge in [-0.25, -0.2) is 0 Å². The molecule has 1 saturated heterocycles.